The summed E-state index contributed by atoms with van der Waals surface area (Å²) in [6.07, 6.45) is -0.738. The Kier molecular flexibility index (Phi) is 6.01. The van der Waals surface area contributed by atoms with Crippen molar-refractivity contribution in [2.24, 2.45) is 0 Å². The molecule has 0 aliphatic carbocycles. The summed E-state index contributed by atoms with van der Waals surface area (Å²) >= 11 is 0. The summed E-state index contributed by atoms with van der Waals surface area (Å²) in [6.45, 7) is -0.600. The number of amides is 4. The number of rotatable bonds is 7. The van der Waals surface area contributed by atoms with Gasteiger partial charge in [-0.05, 0) is 17.7 Å². The molecule has 2 aromatic carbocycles. The van der Waals surface area contributed by atoms with Crippen LogP contribution in [0.5, 0.6) is 0 Å². The Hall–Kier alpha value is -3.68. The predicted octanol–water partition coefficient (Wildman–Crippen LogP) is 1.25. The lowest BCUT2D eigenvalue weighted by Crippen LogP contribution is -2.43. The first-order valence-electron chi connectivity index (χ1n) is 8.69. The molecule has 8 nitrogen and oxygen atoms in total. The van der Waals surface area contributed by atoms with Crippen LogP contribution in [-0.4, -0.2) is 48.4 Å². The van der Waals surface area contributed by atoms with Crippen molar-refractivity contribution in [3.05, 3.63) is 71.8 Å². The Morgan fingerprint density at radius 3 is 2.25 bits per heavy atom. The average Bonchev–Trinajstić information content (AvgIpc) is 3.04. The molecule has 0 aromatic heterocycles. The van der Waals surface area contributed by atoms with Crippen LogP contribution in [0.1, 0.15) is 22.0 Å². The summed E-state index contributed by atoms with van der Waals surface area (Å²) in [5.41, 5.74) is 1.16. The molecule has 144 valence electrons. The van der Waals surface area contributed by atoms with Crippen molar-refractivity contribution in [2.75, 3.05) is 19.7 Å². The van der Waals surface area contributed by atoms with Crippen LogP contribution in [0.2, 0.25) is 0 Å². The number of imide groups is 1. The van der Waals surface area contributed by atoms with Crippen molar-refractivity contribution in [3.63, 3.8) is 0 Å². The zero-order valence-electron chi connectivity index (χ0n) is 15.0. The van der Waals surface area contributed by atoms with Crippen molar-refractivity contribution in [1.82, 2.24) is 15.5 Å². The van der Waals surface area contributed by atoms with Crippen LogP contribution in [0.4, 0.5) is 4.79 Å². The van der Waals surface area contributed by atoms with Crippen molar-refractivity contribution in [1.29, 1.82) is 0 Å². The van der Waals surface area contributed by atoms with Crippen LogP contribution in [0.15, 0.2) is 60.7 Å². The number of carbonyl (C=O) groups is 4. The van der Waals surface area contributed by atoms with E-state index in [1.165, 1.54) is 0 Å². The second-order valence-electron chi connectivity index (χ2n) is 6.14. The van der Waals surface area contributed by atoms with Crippen LogP contribution in [0.25, 0.3) is 0 Å². The van der Waals surface area contributed by atoms with Gasteiger partial charge in [-0.1, -0.05) is 48.5 Å². The molecule has 2 aromatic rings. The molecule has 3 rings (SSSR count). The predicted molar refractivity (Wildman–Crippen MR) is 99.2 cm³/mol. The monoisotopic (exact) mass is 381 g/mol. The molecule has 1 aliphatic rings. The summed E-state index contributed by atoms with van der Waals surface area (Å²) in [7, 11) is 0. The summed E-state index contributed by atoms with van der Waals surface area (Å²) in [6, 6.07) is 16.9. The van der Waals surface area contributed by atoms with Gasteiger partial charge in [0.05, 0.1) is 19.1 Å². The highest BCUT2D eigenvalue weighted by atomic mass is 16.6. The lowest BCUT2D eigenvalue weighted by Gasteiger charge is -2.23. The van der Waals surface area contributed by atoms with Crippen molar-refractivity contribution >= 4 is 23.8 Å². The molecule has 1 aliphatic heterocycles. The Morgan fingerprint density at radius 2 is 1.64 bits per heavy atom. The van der Waals surface area contributed by atoms with Gasteiger partial charge in [-0.25, -0.2) is 9.69 Å². The van der Waals surface area contributed by atoms with E-state index in [1.54, 1.807) is 54.6 Å². The Morgan fingerprint density at radius 1 is 1.00 bits per heavy atom. The van der Waals surface area contributed by atoms with Crippen LogP contribution in [0, 0.1) is 0 Å². The second-order valence-corrected chi connectivity index (χ2v) is 6.14. The number of ether oxygens (including phenoxy) is 1. The largest absolute Gasteiger partial charge is 0.439 e. The summed E-state index contributed by atoms with van der Waals surface area (Å²) in [5, 5.41) is 5.30. The molecule has 0 radical (unpaired) electrons. The fourth-order valence-electron chi connectivity index (χ4n) is 2.76. The third-order valence-corrected chi connectivity index (χ3v) is 4.19. The zero-order valence-corrected chi connectivity index (χ0v) is 15.0. The molecule has 28 heavy (non-hydrogen) atoms. The van der Waals surface area contributed by atoms with Gasteiger partial charge in [0.25, 0.3) is 11.8 Å². The minimum atomic E-state index is -0.738. The van der Waals surface area contributed by atoms with E-state index < -0.39 is 23.9 Å². The topological polar surface area (TPSA) is 105 Å². The average molecular weight is 381 g/mol. The van der Waals surface area contributed by atoms with Gasteiger partial charge in [-0.2, -0.15) is 0 Å². The van der Waals surface area contributed by atoms with Crippen LogP contribution in [-0.2, 0) is 14.3 Å². The maximum atomic E-state index is 12.4. The molecule has 1 unspecified atom stereocenters. The Balaban J connectivity index is 1.64. The Bertz CT molecular complexity index is 854. The highest BCUT2D eigenvalue weighted by Crippen LogP contribution is 2.17. The molecular weight excluding hydrogens is 362 g/mol. The molecule has 1 saturated heterocycles. The number of carbonyl (C=O) groups excluding carboxylic acids is 4. The SMILES string of the molecule is O=C(CNC(=O)c1ccccc1)NC(CN1C(=O)COC1=O)c1ccccc1. The van der Waals surface area contributed by atoms with Gasteiger partial charge in [0.1, 0.15) is 0 Å². The van der Waals surface area contributed by atoms with Crippen molar-refractivity contribution in [2.45, 2.75) is 6.04 Å². The van der Waals surface area contributed by atoms with Gasteiger partial charge in [0, 0.05) is 5.56 Å². The fraction of sp³-hybridized carbons (Fsp3) is 0.200. The van der Waals surface area contributed by atoms with Gasteiger partial charge in [-0.3, -0.25) is 14.4 Å². The molecule has 0 saturated carbocycles. The first-order valence-corrected chi connectivity index (χ1v) is 8.69. The van der Waals surface area contributed by atoms with E-state index in [2.05, 4.69) is 10.6 Å². The quantitative estimate of drug-likeness (QED) is 0.751. The number of benzene rings is 2. The van der Waals surface area contributed by atoms with E-state index in [-0.39, 0.29) is 25.6 Å². The van der Waals surface area contributed by atoms with E-state index in [1.807, 2.05) is 6.07 Å². The van der Waals surface area contributed by atoms with Gasteiger partial charge in [0.2, 0.25) is 5.91 Å². The number of hydrogen-bond donors (Lipinski definition) is 2. The third kappa shape index (κ3) is 4.73. The number of hydrogen-bond acceptors (Lipinski definition) is 5. The van der Waals surface area contributed by atoms with Crippen LogP contribution >= 0.6 is 0 Å². The summed E-state index contributed by atoms with van der Waals surface area (Å²) in [4.78, 5) is 48.9. The van der Waals surface area contributed by atoms with Crippen LogP contribution < -0.4 is 10.6 Å². The molecule has 4 amide bonds. The van der Waals surface area contributed by atoms with Crippen molar-refractivity contribution < 1.29 is 23.9 Å². The lowest BCUT2D eigenvalue weighted by atomic mass is 10.1. The molecule has 1 heterocycles. The maximum Gasteiger partial charge on any atom is 0.417 e. The minimum absolute atomic E-state index is 0.0555. The molecule has 1 atom stereocenters. The standard InChI is InChI=1S/C20H19N3O5/c24-17(11-21-19(26)15-9-5-2-6-10-15)22-16(14-7-3-1-4-8-14)12-23-18(25)13-28-20(23)27/h1-10,16H,11-13H2,(H,21,26)(H,22,24). The van der Waals surface area contributed by atoms with Gasteiger partial charge in [0.15, 0.2) is 6.61 Å². The lowest BCUT2D eigenvalue weighted by molar-refractivity contribution is -0.127. The minimum Gasteiger partial charge on any atom is -0.439 e. The maximum absolute atomic E-state index is 12.4. The molecule has 2 N–H and O–H groups in total. The van der Waals surface area contributed by atoms with E-state index in [4.69, 9.17) is 4.74 Å². The van der Waals surface area contributed by atoms with E-state index >= 15 is 0 Å². The Labute approximate surface area is 161 Å². The molecule has 0 spiro atoms. The summed E-state index contributed by atoms with van der Waals surface area (Å²) in [5.74, 6) is -1.28. The zero-order chi connectivity index (χ0) is 19.9. The number of cyclic esters (lactones) is 1. The molecule has 1 fully saturated rings. The first kappa shape index (κ1) is 19.1. The summed E-state index contributed by atoms with van der Waals surface area (Å²) < 4.78 is 4.72. The number of nitrogens with zero attached hydrogens (tertiary/aromatic N) is 1. The van der Waals surface area contributed by atoms with Gasteiger partial charge >= 0.3 is 6.09 Å². The fourth-order valence-corrected chi connectivity index (χ4v) is 2.76. The first-order chi connectivity index (χ1) is 13.5. The normalized spacial score (nSPS) is 14.4. The smallest absolute Gasteiger partial charge is 0.417 e. The highest BCUT2D eigenvalue weighted by Gasteiger charge is 2.33. The van der Waals surface area contributed by atoms with E-state index in [0.29, 0.717) is 5.56 Å². The highest BCUT2D eigenvalue weighted by molar-refractivity contribution is 5.98. The second kappa shape index (κ2) is 8.81. The van der Waals surface area contributed by atoms with E-state index in [0.717, 1.165) is 10.5 Å². The number of nitrogens with one attached hydrogen (secondary N) is 2. The third-order valence-electron chi connectivity index (χ3n) is 4.19. The van der Waals surface area contributed by atoms with Crippen LogP contribution in [0.3, 0.4) is 0 Å². The van der Waals surface area contributed by atoms with Crippen molar-refractivity contribution in [3.8, 4) is 0 Å². The molecule has 0 bridgehead atoms. The van der Waals surface area contributed by atoms with Gasteiger partial charge in [-0.15, -0.1) is 0 Å². The van der Waals surface area contributed by atoms with Gasteiger partial charge < -0.3 is 15.4 Å². The molecular formula is C20H19N3O5. The van der Waals surface area contributed by atoms with E-state index in [9.17, 15) is 19.2 Å². The molecule has 8 heteroatoms.